The van der Waals surface area contributed by atoms with Gasteiger partial charge in [-0.1, -0.05) is 0 Å². The molecule has 4 heteroatoms. The molecule has 0 aromatic carbocycles. The van der Waals surface area contributed by atoms with E-state index in [4.69, 9.17) is 0 Å². The van der Waals surface area contributed by atoms with Crippen molar-refractivity contribution in [3.05, 3.63) is 0 Å². The Hall–Kier alpha value is 0.0700. The summed E-state index contributed by atoms with van der Waals surface area (Å²) < 4.78 is 11.5. The van der Waals surface area contributed by atoms with Gasteiger partial charge in [0.05, 0.1) is 0 Å². The van der Waals surface area contributed by atoms with Gasteiger partial charge in [-0.2, -0.15) is 0 Å². The van der Waals surface area contributed by atoms with E-state index in [-0.39, 0.29) is 0 Å². The minimum Gasteiger partial charge on any atom is -0.314 e. The van der Waals surface area contributed by atoms with Crippen molar-refractivity contribution in [1.29, 1.82) is 0 Å². The molecule has 0 amide bonds. The van der Waals surface area contributed by atoms with Crippen molar-refractivity contribution in [1.82, 2.24) is 10.2 Å². The molecule has 1 saturated carbocycles. The fraction of sp³-hybridized carbons (Fsp3) is 1.00. The second kappa shape index (κ2) is 5.24. The SMILES string of the molecule is O=S(CCCN1CCNCC1)C1CC1. The lowest BCUT2D eigenvalue weighted by Gasteiger charge is -2.26. The zero-order chi connectivity index (χ0) is 9.80. The van der Waals surface area contributed by atoms with Gasteiger partial charge in [0.15, 0.2) is 0 Å². The molecule has 0 aromatic heterocycles. The fourth-order valence-corrected chi connectivity index (χ4v) is 3.27. The molecule has 0 bridgehead atoms. The van der Waals surface area contributed by atoms with Gasteiger partial charge in [-0.3, -0.25) is 4.21 Å². The Balaban J connectivity index is 1.54. The van der Waals surface area contributed by atoms with Crippen LogP contribution in [0.1, 0.15) is 19.3 Å². The molecule has 1 saturated heterocycles. The van der Waals surface area contributed by atoms with Crippen molar-refractivity contribution in [2.75, 3.05) is 38.5 Å². The summed E-state index contributed by atoms with van der Waals surface area (Å²) in [6.07, 6.45) is 3.53. The smallest absolute Gasteiger partial charge is 0.0348 e. The molecule has 2 rings (SSSR count). The van der Waals surface area contributed by atoms with Crippen molar-refractivity contribution >= 4 is 10.8 Å². The third kappa shape index (κ3) is 3.33. The highest BCUT2D eigenvalue weighted by Gasteiger charge is 2.27. The lowest BCUT2D eigenvalue weighted by Crippen LogP contribution is -2.43. The van der Waals surface area contributed by atoms with Crippen molar-refractivity contribution in [2.45, 2.75) is 24.5 Å². The third-order valence-electron chi connectivity index (χ3n) is 2.93. The van der Waals surface area contributed by atoms with Gasteiger partial charge in [0, 0.05) is 48.0 Å². The van der Waals surface area contributed by atoms with Gasteiger partial charge in [0.2, 0.25) is 0 Å². The molecule has 3 nitrogen and oxygen atoms in total. The topological polar surface area (TPSA) is 32.3 Å². The van der Waals surface area contributed by atoms with E-state index in [9.17, 15) is 4.21 Å². The maximum atomic E-state index is 11.5. The first-order valence-corrected chi connectivity index (χ1v) is 7.05. The summed E-state index contributed by atoms with van der Waals surface area (Å²) >= 11 is 0. The van der Waals surface area contributed by atoms with Gasteiger partial charge in [-0.05, 0) is 25.8 Å². The summed E-state index contributed by atoms with van der Waals surface area (Å²) in [6, 6.07) is 0. The number of rotatable bonds is 5. The molecular formula is C10H20N2OS. The van der Waals surface area contributed by atoms with Gasteiger partial charge in [0.25, 0.3) is 0 Å². The second-order valence-electron chi connectivity index (χ2n) is 4.23. The van der Waals surface area contributed by atoms with Crippen LogP contribution in [0.15, 0.2) is 0 Å². The molecule has 1 aliphatic carbocycles. The Morgan fingerprint density at radius 1 is 1.29 bits per heavy atom. The largest absolute Gasteiger partial charge is 0.314 e. The van der Waals surface area contributed by atoms with Crippen LogP contribution < -0.4 is 5.32 Å². The van der Waals surface area contributed by atoms with E-state index < -0.39 is 10.8 Å². The van der Waals surface area contributed by atoms with E-state index in [0.29, 0.717) is 5.25 Å². The Bertz CT molecular complexity index is 200. The first kappa shape index (κ1) is 10.6. The predicted molar refractivity (Wildman–Crippen MR) is 60.0 cm³/mol. The summed E-state index contributed by atoms with van der Waals surface area (Å²) in [5.41, 5.74) is 0. The summed E-state index contributed by atoms with van der Waals surface area (Å²) in [5.74, 6) is 0.925. The van der Waals surface area contributed by atoms with Crippen LogP contribution in [0.3, 0.4) is 0 Å². The minimum atomic E-state index is -0.507. The molecule has 1 atom stereocenters. The van der Waals surface area contributed by atoms with Crippen LogP contribution in [0.25, 0.3) is 0 Å². The molecule has 2 aliphatic rings. The molecular weight excluding hydrogens is 196 g/mol. The highest BCUT2D eigenvalue weighted by atomic mass is 32.2. The summed E-state index contributed by atoms with van der Waals surface area (Å²) in [7, 11) is -0.507. The molecule has 1 N–H and O–H groups in total. The lowest BCUT2D eigenvalue weighted by molar-refractivity contribution is 0.242. The van der Waals surface area contributed by atoms with Crippen LogP contribution in [-0.4, -0.2) is 52.8 Å². The fourth-order valence-electron chi connectivity index (χ4n) is 1.86. The lowest BCUT2D eigenvalue weighted by atomic mass is 10.3. The minimum absolute atomic E-state index is 0.507. The highest BCUT2D eigenvalue weighted by molar-refractivity contribution is 7.85. The van der Waals surface area contributed by atoms with Crippen LogP contribution in [0.4, 0.5) is 0 Å². The molecule has 0 aromatic rings. The maximum Gasteiger partial charge on any atom is 0.0348 e. The molecule has 0 spiro atoms. The molecule has 1 unspecified atom stereocenters. The first-order valence-electron chi connectivity index (χ1n) is 5.66. The van der Waals surface area contributed by atoms with Crippen LogP contribution in [0, 0.1) is 0 Å². The van der Waals surface area contributed by atoms with Crippen molar-refractivity contribution < 1.29 is 4.21 Å². The molecule has 1 aliphatic heterocycles. The molecule has 14 heavy (non-hydrogen) atoms. The van der Waals surface area contributed by atoms with E-state index in [1.54, 1.807) is 0 Å². The highest BCUT2D eigenvalue weighted by Crippen LogP contribution is 2.26. The predicted octanol–water partition coefficient (Wildman–Crippen LogP) is 0.193. The average Bonchev–Trinajstić information content (AvgIpc) is 3.02. The van der Waals surface area contributed by atoms with Crippen molar-refractivity contribution in [3.8, 4) is 0 Å². The van der Waals surface area contributed by atoms with E-state index in [1.165, 1.54) is 12.8 Å². The molecule has 0 radical (unpaired) electrons. The summed E-state index contributed by atoms with van der Waals surface area (Å²) in [5, 5.41) is 3.91. The standard InChI is InChI=1S/C10H20N2OS/c13-14(10-2-3-10)9-1-6-12-7-4-11-5-8-12/h10-11H,1-9H2. The van der Waals surface area contributed by atoms with E-state index in [2.05, 4.69) is 10.2 Å². The van der Waals surface area contributed by atoms with Crippen molar-refractivity contribution in [2.24, 2.45) is 0 Å². The molecule has 1 heterocycles. The first-order chi connectivity index (χ1) is 6.86. The number of nitrogens with one attached hydrogen (secondary N) is 1. The quantitative estimate of drug-likeness (QED) is 0.712. The zero-order valence-corrected chi connectivity index (χ0v) is 9.52. The Morgan fingerprint density at radius 2 is 2.00 bits per heavy atom. The van der Waals surface area contributed by atoms with Gasteiger partial charge in [-0.15, -0.1) is 0 Å². The number of hydrogen-bond acceptors (Lipinski definition) is 3. The van der Waals surface area contributed by atoms with E-state index in [0.717, 1.165) is 44.9 Å². The van der Waals surface area contributed by atoms with Crippen LogP contribution in [-0.2, 0) is 10.8 Å². The van der Waals surface area contributed by atoms with Crippen LogP contribution >= 0.6 is 0 Å². The van der Waals surface area contributed by atoms with Gasteiger partial charge in [-0.25, -0.2) is 0 Å². The molecule has 82 valence electrons. The van der Waals surface area contributed by atoms with E-state index >= 15 is 0 Å². The molecule has 2 fully saturated rings. The summed E-state index contributed by atoms with van der Waals surface area (Å²) in [6.45, 7) is 5.70. The van der Waals surface area contributed by atoms with Gasteiger partial charge >= 0.3 is 0 Å². The average molecular weight is 216 g/mol. The van der Waals surface area contributed by atoms with Gasteiger partial charge in [0.1, 0.15) is 0 Å². The second-order valence-corrected chi connectivity index (χ2v) is 6.07. The zero-order valence-electron chi connectivity index (χ0n) is 8.71. The van der Waals surface area contributed by atoms with Crippen LogP contribution in [0.5, 0.6) is 0 Å². The van der Waals surface area contributed by atoms with Gasteiger partial charge < -0.3 is 10.2 Å². The van der Waals surface area contributed by atoms with Crippen LogP contribution in [0.2, 0.25) is 0 Å². The monoisotopic (exact) mass is 216 g/mol. The Morgan fingerprint density at radius 3 is 2.64 bits per heavy atom. The maximum absolute atomic E-state index is 11.5. The Kier molecular flexibility index (Phi) is 3.96. The third-order valence-corrected chi connectivity index (χ3v) is 4.83. The summed E-state index contributed by atoms with van der Waals surface area (Å²) in [4.78, 5) is 2.47. The number of nitrogens with zero attached hydrogens (tertiary/aromatic N) is 1. The normalized spacial score (nSPS) is 26.3. The van der Waals surface area contributed by atoms with Crippen molar-refractivity contribution in [3.63, 3.8) is 0 Å². The van der Waals surface area contributed by atoms with E-state index in [1.807, 2.05) is 0 Å². The Labute approximate surface area is 88.7 Å². The number of hydrogen-bond donors (Lipinski definition) is 1. The number of piperazine rings is 1.